The number of carbonyl (C=O) groups is 2. The van der Waals surface area contributed by atoms with Crippen molar-refractivity contribution in [3.8, 4) is 5.75 Å². The maximum Gasteiger partial charge on any atom is 0.229 e. The highest BCUT2D eigenvalue weighted by molar-refractivity contribution is 6.03. The summed E-state index contributed by atoms with van der Waals surface area (Å²) in [5.74, 6) is 0.272. The summed E-state index contributed by atoms with van der Waals surface area (Å²) in [6.07, 6.45) is 0.226. The van der Waals surface area contributed by atoms with Gasteiger partial charge >= 0.3 is 0 Å². The molecule has 26 heavy (non-hydrogen) atoms. The molecule has 136 valence electrons. The Labute approximate surface area is 154 Å². The van der Waals surface area contributed by atoms with Crippen LogP contribution in [0.3, 0.4) is 0 Å². The Hall–Kier alpha value is -2.82. The largest absolute Gasteiger partial charge is 0.494 e. The van der Waals surface area contributed by atoms with Gasteiger partial charge in [0.15, 0.2) is 0 Å². The second kappa shape index (κ2) is 7.60. The molecule has 2 aromatic carbocycles. The van der Waals surface area contributed by atoms with Crippen LogP contribution in [0, 0.1) is 19.8 Å². The van der Waals surface area contributed by atoms with Crippen LogP contribution in [0.5, 0.6) is 5.75 Å². The zero-order valence-electron chi connectivity index (χ0n) is 15.4. The molecular formula is C21H24N2O3. The predicted molar refractivity (Wildman–Crippen MR) is 103 cm³/mol. The Bertz CT molecular complexity index is 794. The summed E-state index contributed by atoms with van der Waals surface area (Å²) in [7, 11) is 0. The lowest BCUT2D eigenvalue weighted by Crippen LogP contribution is -2.28. The third kappa shape index (κ3) is 4.04. The smallest absolute Gasteiger partial charge is 0.229 e. The van der Waals surface area contributed by atoms with E-state index in [1.807, 2.05) is 57.2 Å². The van der Waals surface area contributed by atoms with E-state index in [0.717, 1.165) is 28.3 Å². The fraction of sp³-hybridized carbons (Fsp3) is 0.333. The van der Waals surface area contributed by atoms with E-state index in [9.17, 15) is 9.59 Å². The van der Waals surface area contributed by atoms with E-state index < -0.39 is 0 Å². The minimum Gasteiger partial charge on any atom is -0.494 e. The number of benzene rings is 2. The predicted octanol–water partition coefficient (Wildman–Crippen LogP) is 3.69. The highest BCUT2D eigenvalue weighted by atomic mass is 16.5. The Balaban J connectivity index is 1.67. The molecule has 3 rings (SSSR count). The molecule has 2 amide bonds. The van der Waals surface area contributed by atoms with E-state index in [4.69, 9.17) is 4.74 Å². The van der Waals surface area contributed by atoms with Crippen LogP contribution in [0.25, 0.3) is 0 Å². The number of hydrogen-bond donors (Lipinski definition) is 1. The van der Waals surface area contributed by atoms with Crippen LogP contribution in [0.1, 0.15) is 24.5 Å². The first kappa shape index (κ1) is 18.0. The second-order valence-electron chi connectivity index (χ2n) is 6.70. The van der Waals surface area contributed by atoms with Gasteiger partial charge in [0, 0.05) is 24.3 Å². The number of hydrogen-bond acceptors (Lipinski definition) is 3. The molecule has 5 nitrogen and oxygen atoms in total. The number of anilines is 2. The minimum absolute atomic E-state index is 0.0327. The summed E-state index contributed by atoms with van der Waals surface area (Å²) in [6.45, 7) is 6.91. The lowest BCUT2D eigenvalue weighted by atomic mass is 10.1. The van der Waals surface area contributed by atoms with Crippen molar-refractivity contribution in [2.24, 2.45) is 5.92 Å². The maximum absolute atomic E-state index is 12.6. The van der Waals surface area contributed by atoms with Gasteiger partial charge in [-0.3, -0.25) is 9.59 Å². The Morgan fingerprint density at radius 3 is 2.42 bits per heavy atom. The number of nitrogens with zero attached hydrogens (tertiary/aromatic N) is 1. The zero-order valence-corrected chi connectivity index (χ0v) is 15.4. The Morgan fingerprint density at radius 1 is 1.15 bits per heavy atom. The van der Waals surface area contributed by atoms with Gasteiger partial charge in [-0.25, -0.2) is 0 Å². The molecule has 0 aliphatic carbocycles. The van der Waals surface area contributed by atoms with Crippen LogP contribution in [-0.2, 0) is 9.59 Å². The van der Waals surface area contributed by atoms with Gasteiger partial charge in [0.1, 0.15) is 5.75 Å². The van der Waals surface area contributed by atoms with Crippen molar-refractivity contribution in [1.82, 2.24) is 0 Å². The molecule has 1 N–H and O–H groups in total. The molecule has 0 saturated carbocycles. The average Bonchev–Trinajstić information content (AvgIpc) is 2.97. The molecule has 5 heteroatoms. The molecule has 1 atom stereocenters. The molecule has 2 aromatic rings. The number of aryl methyl sites for hydroxylation is 2. The van der Waals surface area contributed by atoms with E-state index in [0.29, 0.717) is 13.2 Å². The van der Waals surface area contributed by atoms with E-state index in [-0.39, 0.29) is 24.2 Å². The standard InChI is InChI=1S/C21H24N2O3/c1-4-26-19-7-5-18(6-8-19)23-13-16(12-20(23)24)21(25)22-17-10-14(2)9-15(3)11-17/h5-11,16H,4,12-13H2,1-3H3,(H,22,25). The van der Waals surface area contributed by atoms with E-state index >= 15 is 0 Å². The van der Waals surface area contributed by atoms with Gasteiger partial charge in [0.25, 0.3) is 0 Å². The molecule has 1 aliphatic heterocycles. The quantitative estimate of drug-likeness (QED) is 0.893. The fourth-order valence-corrected chi connectivity index (χ4v) is 3.31. The van der Waals surface area contributed by atoms with Crippen molar-refractivity contribution < 1.29 is 14.3 Å². The van der Waals surface area contributed by atoms with Crippen molar-refractivity contribution >= 4 is 23.2 Å². The molecular weight excluding hydrogens is 328 g/mol. The Kier molecular flexibility index (Phi) is 5.26. The van der Waals surface area contributed by atoms with Gasteiger partial charge < -0.3 is 15.0 Å². The summed E-state index contributed by atoms with van der Waals surface area (Å²) < 4.78 is 5.43. The maximum atomic E-state index is 12.6. The van der Waals surface area contributed by atoms with Crippen LogP contribution < -0.4 is 15.0 Å². The number of rotatable bonds is 5. The summed E-state index contributed by atoms with van der Waals surface area (Å²) in [6, 6.07) is 13.3. The molecule has 0 spiro atoms. The first-order valence-corrected chi connectivity index (χ1v) is 8.88. The average molecular weight is 352 g/mol. The van der Waals surface area contributed by atoms with Gasteiger partial charge in [-0.05, 0) is 68.3 Å². The first-order chi connectivity index (χ1) is 12.5. The van der Waals surface area contributed by atoms with E-state index in [1.54, 1.807) is 4.90 Å². The van der Waals surface area contributed by atoms with Gasteiger partial charge in [-0.2, -0.15) is 0 Å². The van der Waals surface area contributed by atoms with E-state index in [2.05, 4.69) is 11.4 Å². The molecule has 1 saturated heterocycles. The number of carbonyl (C=O) groups excluding carboxylic acids is 2. The van der Waals surface area contributed by atoms with Crippen LogP contribution in [-0.4, -0.2) is 25.0 Å². The van der Waals surface area contributed by atoms with Crippen LogP contribution in [0.2, 0.25) is 0 Å². The summed E-state index contributed by atoms with van der Waals surface area (Å²) >= 11 is 0. The SMILES string of the molecule is CCOc1ccc(N2CC(C(=O)Nc3cc(C)cc(C)c3)CC2=O)cc1. The molecule has 0 aromatic heterocycles. The van der Waals surface area contributed by atoms with Gasteiger partial charge in [-0.1, -0.05) is 6.07 Å². The van der Waals surface area contributed by atoms with Gasteiger partial charge in [0.05, 0.1) is 12.5 Å². The molecule has 0 bridgehead atoms. The van der Waals surface area contributed by atoms with Crippen molar-refractivity contribution in [3.05, 3.63) is 53.6 Å². The van der Waals surface area contributed by atoms with Crippen LogP contribution >= 0.6 is 0 Å². The molecule has 1 aliphatic rings. The highest BCUT2D eigenvalue weighted by Crippen LogP contribution is 2.28. The van der Waals surface area contributed by atoms with Crippen LogP contribution in [0.4, 0.5) is 11.4 Å². The summed E-state index contributed by atoms with van der Waals surface area (Å²) in [5, 5.41) is 2.95. The zero-order chi connectivity index (χ0) is 18.7. The third-order valence-corrected chi connectivity index (χ3v) is 4.44. The summed E-state index contributed by atoms with van der Waals surface area (Å²) in [5.41, 5.74) is 3.76. The fourth-order valence-electron chi connectivity index (χ4n) is 3.31. The van der Waals surface area contributed by atoms with Crippen molar-refractivity contribution in [1.29, 1.82) is 0 Å². The minimum atomic E-state index is -0.352. The Morgan fingerprint density at radius 2 is 1.81 bits per heavy atom. The van der Waals surface area contributed by atoms with Crippen molar-refractivity contribution in [3.63, 3.8) is 0 Å². The third-order valence-electron chi connectivity index (χ3n) is 4.44. The van der Waals surface area contributed by atoms with Gasteiger partial charge in [0.2, 0.25) is 11.8 Å². The number of ether oxygens (including phenoxy) is 1. The molecule has 1 fully saturated rings. The lowest BCUT2D eigenvalue weighted by Gasteiger charge is -2.17. The lowest BCUT2D eigenvalue weighted by molar-refractivity contribution is -0.122. The normalized spacial score (nSPS) is 16.7. The number of nitrogens with one attached hydrogen (secondary N) is 1. The van der Waals surface area contributed by atoms with Crippen molar-refractivity contribution in [2.75, 3.05) is 23.4 Å². The second-order valence-corrected chi connectivity index (χ2v) is 6.70. The van der Waals surface area contributed by atoms with Crippen molar-refractivity contribution in [2.45, 2.75) is 27.2 Å². The molecule has 1 heterocycles. The van der Waals surface area contributed by atoms with E-state index in [1.165, 1.54) is 0 Å². The highest BCUT2D eigenvalue weighted by Gasteiger charge is 2.35. The monoisotopic (exact) mass is 352 g/mol. The summed E-state index contributed by atoms with van der Waals surface area (Å²) in [4.78, 5) is 26.6. The van der Waals surface area contributed by atoms with Gasteiger partial charge in [-0.15, -0.1) is 0 Å². The first-order valence-electron chi connectivity index (χ1n) is 8.88. The topological polar surface area (TPSA) is 58.6 Å². The molecule has 1 unspecified atom stereocenters. The van der Waals surface area contributed by atoms with Crippen LogP contribution in [0.15, 0.2) is 42.5 Å². The number of amides is 2. The molecule has 0 radical (unpaired) electrons.